The predicted octanol–water partition coefficient (Wildman–Crippen LogP) is -1.21. The van der Waals surface area contributed by atoms with Gasteiger partial charge in [0.15, 0.2) is 6.23 Å². The molecule has 0 aromatic carbocycles. The summed E-state index contributed by atoms with van der Waals surface area (Å²) in [5, 5.41) is 20.1. The Morgan fingerprint density at radius 1 is 1.64 bits per heavy atom. The molecule has 0 saturated carbocycles. The van der Waals surface area contributed by atoms with E-state index in [-0.39, 0.29) is 6.04 Å². The third-order valence-electron chi connectivity index (χ3n) is 2.01. The highest BCUT2D eigenvalue weighted by atomic mass is 16.6. The van der Waals surface area contributed by atoms with E-state index >= 15 is 0 Å². The molecule has 0 bridgehead atoms. The Bertz CT molecular complexity index is 229. The average molecular weight is 204 g/mol. The van der Waals surface area contributed by atoms with Gasteiger partial charge >= 0.3 is 5.91 Å². The number of hydrazine groups is 1. The molecule has 0 aromatic rings. The fraction of sp³-hybridized carbons (Fsp3) is 0.875. The molecule has 3 N–H and O–H groups in total. The standard InChI is InChI=1S/C8H16N2O4/c1-4-14-6-8(12,13)7(11)10(9-6)5(2)3/h5-6,9,12-13H,4H2,1-3H3. The molecule has 1 saturated heterocycles. The molecular weight excluding hydrogens is 188 g/mol. The Morgan fingerprint density at radius 2 is 2.21 bits per heavy atom. The van der Waals surface area contributed by atoms with Gasteiger partial charge in [0.2, 0.25) is 0 Å². The van der Waals surface area contributed by atoms with Gasteiger partial charge in [-0.25, -0.2) is 0 Å². The minimum absolute atomic E-state index is 0.161. The number of nitrogens with zero attached hydrogens (tertiary/aromatic N) is 1. The van der Waals surface area contributed by atoms with Crippen LogP contribution in [0.3, 0.4) is 0 Å². The third-order valence-corrected chi connectivity index (χ3v) is 2.01. The minimum Gasteiger partial charge on any atom is -0.356 e. The van der Waals surface area contributed by atoms with Crippen LogP contribution in [-0.2, 0) is 9.53 Å². The van der Waals surface area contributed by atoms with Gasteiger partial charge in [-0.2, -0.15) is 5.43 Å². The molecule has 0 radical (unpaired) electrons. The van der Waals surface area contributed by atoms with Crippen molar-refractivity contribution in [3.05, 3.63) is 0 Å². The van der Waals surface area contributed by atoms with E-state index in [4.69, 9.17) is 4.74 Å². The molecule has 0 aliphatic carbocycles. The van der Waals surface area contributed by atoms with Gasteiger partial charge in [0, 0.05) is 12.6 Å². The largest absolute Gasteiger partial charge is 0.356 e. The first kappa shape index (κ1) is 11.4. The molecule has 1 atom stereocenters. The number of rotatable bonds is 3. The zero-order valence-corrected chi connectivity index (χ0v) is 8.52. The molecule has 82 valence electrons. The second-order valence-corrected chi connectivity index (χ2v) is 3.46. The maximum atomic E-state index is 11.4. The number of hydrogen-bond acceptors (Lipinski definition) is 5. The van der Waals surface area contributed by atoms with Gasteiger partial charge in [-0.05, 0) is 20.8 Å². The Morgan fingerprint density at radius 3 is 2.57 bits per heavy atom. The summed E-state index contributed by atoms with van der Waals surface area (Å²) in [6.45, 7) is 5.52. The topological polar surface area (TPSA) is 82.0 Å². The lowest BCUT2D eigenvalue weighted by Crippen LogP contribution is -2.48. The van der Waals surface area contributed by atoms with E-state index in [1.165, 1.54) is 0 Å². The van der Waals surface area contributed by atoms with Gasteiger partial charge in [0.25, 0.3) is 5.79 Å². The smallest absolute Gasteiger partial charge is 0.301 e. The van der Waals surface area contributed by atoms with Crippen molar-refractivity contribution in [1.29, 1.82) is 0 Å². The lowest BCUT2D eigenvalue weighted by Gasteiger charge is -2.20. The average Bonchev–Trinajstić information content (AvgIpc) is 2.29. The highest BCUT2D eigenvalue weighted by Gasteiger charge is 2.53. The van der Waals surface area contributed by atoms with E-state index in [1.54, 1.807) is 20.8 Å². The van der Waals surface area contributed by atoms with Crippen molar-refractivity contribution < 1.29 is 19.7 Å². The summed E-state index contributed by atoms with van der Waals surface area (Å²) >= 11 is 0. The van der Waals surface area contributed by atoms with Crippen molar-refractivity contribution in [1.82, 2.24) is 10.4 Å². The monoisotopic (exact) mass is 204 g/mol. The minimum atomic E-state index is -2.47. The Balaban J connectivity index is 2.80. The summed E-state index contributed by atoms with van der Waals surface area (Å²) < 4.78 is 5.00. The lowest BCUT2D eigenvalue weighted by molar-refractivity contribution is -0.219. The predicted molar refractivity (Wildman–Crippen MR) is 47.7 cm³/mol. The quantitative estimate of drug-likeness (QED) is 0.502. The van der Waals surface area contributed by atoms with E-state index in [2.05, 4.69) is 5.43 Å². The number of ether oxygens (including phenoxy) is 1. The number of amides is 1. The molecule has 1 amide bonds. The fourth-order valence-corrected chi connectivity index (χ4v) is 1.27. The Hall–Kier alpha value is -0.690. The highest BCUT2D eigenvalue weighted by Crippen LogP contribution is 2.20. The molecule has 6 nitrogen and oxygen atoms in total. The number of hydrogen-bond donors (Lipinski definition) is 3. The second kappa shape index (κ2) is 3.82. The SMILES string of the molecule is CCOC1NN(C(C)C)C(=O)C1(O)O. The van der Waals surface area contributed by atoms with Gasteiger partial charge in [-0.1, -0.05) is 0 Å². The van der Waals surface area contributed by atoms with Gasteiger partial charge in [0.1, 0.15) is 0 Å². The number of carbonyl (C=O) groups excluding carboxylic acids is 1. The van der Waals surface area contributed by atoms with Crippen LogP contribution in [0.15, 0.2) is 0 Å². The Labute approximate surface area is 82.4 Å². The van der Waals surface area contributed by atoms with Gasteiger partial charge in [0.05, 0.1) is 0 Å². The summed E-state index contributed by atoms with van der Waals surface area (Å²) in [5.41, 5.74) is 2.59. The third kappa shape index (κ3) is 1.74. The van der Waals surface area contributed by atoms with Crippen molar-refractivity contribution in [2.75, 3.05) is 6.61 Å². The van der Waals surface area contributed by atoms with Crippen molar-refractivity contribution in [2.24, 2.45) is 0 Å². The van der Waals surface area contributed by atoms with E-state index in [9.17, 15) is 15.0 Å². The van der Waals surface area contributed by atoms with Crippen molar-refractivity contribution in [3.63, 3.8) is 0 Å². The second-order valence-electron chi connectivity index (χ2n) is 3.46. The lowest BCUT2D eigenvalue weighted by atomic mass is 10.2. The molecule has 14 heavy (non-hydrogen) atoms. The van der Waals surface area contributed by atoms with Crippen molar-refractivity contribution in [2.45, 2.75) is 38.8 Å². The van der Waals surface area contributed by atoms with E-state index in [0.717, 1.165) is 5.01 Å². The van der Waals surface area contributed by atoms with Gasteiger partial charge < -0.3 is 14.9 Å². The first-order valence-corrected chi connectivity index (χ1v) is 4.57. The zero-order valence-electron chi connectivity index (χ0n) is 8.52. The summed E-state index contributed by atoms with van der Waals surface area (Å²) in [6.07, 6.45) is -1.10. The molecule has 1 aliphatic heterocycles. The molecule has 1 heterocycles. The number of carbonyl (C=O) groups is 1. The van der Waals surface area contributed by atoms with Crippen LogP contribution in [0.25, 0.3) is 0 Å². The summed E-state index contributed by atoms with van der Waals surface area (Å²) in [7, 11) is 0. The summed E-state index contributed by atoms with van der Waals surface area (Å²) in [5.74, 6) is -3.26. The van der Waals surface area contributed by atoms with Gasteiger partial charge in [-0.3, -0.25) is 9.80 Å². The maximum absolute atomic E-state index is 11.4. The first-order chi connectivity index (χ1) is 6.41. The van der Waals surface area contributed by atoms with Crippen LogP contribution in [0.5, 0.6) is 0 Å². The number of aliphatic hydroxyl groups is 2. The highest BCUT2D eigenvalue weighted by molar-refractivity contribution is 5.85. The van der Waals surface area contributed by atoms with Crippen molar-refractivity contribution in [3.8, 4) is 0 Å². The molecule has 1 unspecified atom stereocenters. The first-order valence-electron chi connectivity index (χ1n) is 4.57. The van der Waals surface area contributed by atoms with E-state index < -0.39 is 17.9 Å². The maximum Gasteiger partial charge on any atom is 0.301 e. The summed E-state index contributed by atoms with van der Waals surface area (Å²) in [4.78, 5) is 11.4. The normalized spacial score (nSPS) is 26.3. The van der Waals surface area contributed by atoms with Gasteiger partial charge in [-0.15, -0.1) is 0 Å². The molecule has 1 rings (SSSR count). The van der Waals surface area contributed by atoms with Crippen molar-refractivity contribution >= 4 is 5.91 Å². The van der Waals surface area contributed by atoms with Crippen LogP contribution in [0.2, 0.25) is 0 Å². The molecular formula is C8H16N2O4. The van der Waals surface area contributed by atoms with E-state index in [0.29, 0.717) is 6.61 Å². The summed E-state index contributed by atoms with van der Waals surface area (Å²) in [6, 6.07) is -0.161. The fourth-order valence-electron chi connectivity index (χ4n) is 1.27. The van der Waals surface area contributed by atoms with Crippen LogP contribution in [-0.4, -0.2) is 45.8 Å². The van der Waals surface area contributed by atoms with Crippen LogP contribution in [0.4, 0.5) is 0 Å². The Kier molecular flexibility index (Phi) is 3.10. The number of nitrogens with one attached hydrogen (secondary N) is 1. The van der Waals surface area contributed by atoms with Crippen LogP contribution in [0, 0.1) is 0 Å². The molecule has 0 aromatic heterocycles. The molecule has 1 aliphatic rings. The molecule has 6 heteroatoms. The van der Waals surface area contributed by atoms with Crippen LogP contribution < -0.4 is 5.43 Å². The van der Waals surface area contributed by atoms with E-state index in [1.807, 2.05) is 0 Å². The molecule has 0 spiro atoms. The van der Waals surface area contributed by atoms with Crippen LogP contribution >= 0.6 is 0 Å². The zero-order chi connectivity index (χ0) is 10.9. The van der Waals surface area contributed by atoms with Crippen LogP contribution in [0.1, 0.15) is 20.8 Å². The molecule has 1 fully saturated rings.